The van der Waals surface area contributed by atoms with E-state index < -0.39 is 60.4 Å². The number of fused-ring (bicyclic) bond motifs is 8. The second-order valence-corrected chi connectivity index (χ2v) is 16.7. The second kappa shape index (κ2) is 14.7. The molecule has 4 heterocycles. The van der Waals surface area contributed by atoms with E-state index >= 15 is 0 Å². The molecule has 6 nitrogen and oxygen atoms in total. The van der Waals surface area contributed by atoms with E-state index in [1.165, 1.54) is 0 Å². The van der Waals surface area contributed by atoms with E-state index in [0.29, 0.717) is 28.2 Å². The third kappa shape index (κ3) is 6.17. The molecule has 0 unspecified atom stereocenters. The predicted molar refractivity (Wildman–Crippen MR) is 259 cm³/mol. The van der Waals surface area contributed by atoms with Crippen molar-refractivity contribution in [1.29, 1.82) is 0 Å². The fourth-order valence-electron chi connectivity index (χ4n) is 8.80. The summed E-state index contributed by atoms with van der Waals surface area (Å²) in [6.07, 6.45) is 5.30. The van der Waals surface area contributed by atoms with Crippen molar-refractivity contribution in [3.8, 4) is 50.9 Å². The summed E-state index contributed by atoms with van der Waals surface area (Å²) in [4.78, 5) is 4.96. The lowest BCUT2D eigenvalue weighted by Gasteiger charge is -2.20. The Morgan fingerprint density at radius 3 is 2.11 bits per heavy atom. The second-order valence-electron chi connectivity index (χ2n) is 16.7. The Morgan fingerprint density at radius 1 is 0.625 bits per heavy atom. The predicted octanol–water partition coefficient (Wildman–Crippen LogP) is 14.5. The van der Waals surface area contributed by atoms with E-state index in [1.54, 1.807) is 27.3 Å². The minimum absolute atomic E-state index is 0.135. The Balaban J connectivity index is 1.04. The number of nitrogens with zero attached hydrogens (tertiary/aromatic N) is 4. The number of hydrogen-bond acceptors (Lipinski definition) is 3. The van der Waals surface area contributed by atoms with Crippen LogP contribution in [0, 0.1) is 6.33 Å². The summed E-state index contributed by atoms with van der Waals surface area (Å²) in [6, 6.07) is 36.7. The van der Waals surface area contributed by atoms with Crippen LogP contribution in [0.2, 0.25) is 0 Å². The van der Waals surface area contributed by atoms with Crippen molar-refractivity contribution >= 4 is 54.8 Å². The average Bonchev–Trinajstić information content (AvgIpc) is 4.09. The third-order valence-electron chi connectivity index (χ3n) is 11.8. The lowest BCUT2D eigenvalue weighted by Crippen LogP contribution is -2.31. The summed E-state index contributed by atoms with van der Waals surface area (Å²) >= 11 is 0. The Morgan fingerprint density at radius 2 is 1.33 bits per heavy atom. The van der Waals surface area contributed by atoms with Gasteiger partial charge in [-0.1, -0.05) is 148 Å². The van der Waals surface area contributed by atoms with Gasteiger partial charge in [0.1, 0.15) is 28.5 Å². The van der Waals surface area contributed by atoms with Gasteiger partial charge in [-0.3, -0.25) is 13.7 Å². The van der Waals surface area contributed by atoms with Crippen LogP contribution in [0.1, 0.15) is 40.0 Å². The highest BCUT2D eigenvalue weighted by atomic mass is 16.5. The highest BCUT2D eigenvalue weighted by Gasteiger charge is 2.23. The van der Waals surface area contributed by atoms with E-state index in [2.05, 4.69) is 55.9 Å². The van der Waals surface area contributed by atoms with Crippen LogP contribution in [0.3, 0.4) is 0 Å². The van der Waals surface area contributed by atoms with Gasteiger partial charge in [-0.05, 0) is 93.9 Å². The fourth-order valence-corrected chi connectivity index (χ4v) is 8.80. The average molecular weight is 837 g/mol. The number of pyridine rings is 1. The first-order valence-corrected chi connectivity index (χ1v) is 20.9. The molecule has 0 saturated heterocycles. The fraction of sp³-hybridized carbons (Fsp3) is 0.0690. The molecule has 0 saturated carbocycles. The van der Waals surface area contributed by atoms with Crippen LogP contribution >= 0.6 is 0 Å². The zero-order chi connectivity index (χ0) is 51.6. The number of aromatic nitrogens is 4. The number of imidazole rings is 1. The Labute approximate surface area is 384 Å². The van der Waals surface area contributed by atoms with E-state index in [4.69, 9.17) is 27.8 Å². The number of hydrogen-bond donors (Lipinski definition) is 0. The van der Waals surface area contributed by atoms with Crippen LogP contribution in [0.5, 0.6) is 11.5 Å². The maximum Gasteiger partial charge on any atom is 0.269 e. The van der Waals surface area contributed by atoms with Gasteiger partial charge < -0.3 is 9.15 Å². The number of ether oxygens (including phenoxy) is 1. The molecule has 64 heavy (non-hydrogen) atoms. The van der Waals surface area contributed by atoms with Gasteiger partial charge >= 0.3 is 0 Å². The van der Waals surface area contributed by atoms with Crippen molar-refractivity contribution in [2.45, 2.75) is 26.2 Å². The van der Waals surface area contributed by atoms with Crippen LogP contribution in [0.25, 0.3) is 94.2 Å². The van der Waals surface area contributed by atoms with Crippen molar-refractivity contribution in [1.82, 2.24) is 14.1 Å². The molecule has 0 spiro atoms. The first-order valence-electron chi connectivity index (χ1n) is 25.9. The molecule has 12 rings (SSSR count). The minimum atomic E-state index is -0.570. The molecule has 0 N–H and O–H groups in total. The van der Waals surface area contributed by atoms with Crippen LogP contribution in [0.15, 0.2) is 204 Å². The quantitative estimate of drug-likeness (QED) is 0.119. The van der Waals surface area contributed by atoms with Crippen LogP contribution in [-0.2, 0) is 5.41 Å². The molecule has 12 aromatic rings. The van der Waals surface area contributed by atoms with E-state index in [9.17, 15) is 0 Å². The van der Waals surface area contributed by atoms with Crippen molar-refractivity contribution in [2.75, 3.05) is 0 Å². The van der Waals surface area contributed by atoms with Gasteiger partial charge in [-0.25, -0.2) is 4.98 Å². The van der Waals surface area contributed by atoms with Crippen LogP contribution in [0.4, 0.5) is 0 Å². The van der Waals surface area contributed by atoms with Crippen molar-refractivity contribution < 1.29 is 27.4 Å². The molecule has 0 aliphatic heterocycles. The molecular formula is C58H42N4O2. The number of benzene rings is 8. The molecule has 8 aromatic carbocycles. The Kier molecular flexibility index (Phi) is 6.53. The normalized spacial score (nSPS) is 14.2. The first-order chi connectivity index (χ1) is 35.5. The Hall–Kier alpha value is -8.22. The lowest BCUT2D eigenvalue weighted by molar-refractivity contribution is -0.571. The van der Waals surface area contributed by atoms with Crippen LogP contribution in [-0.4, -0.2) is 14.1 Å². The summed E-state index contributed by atoms with van der Waals surface area (Å²) < 4.78 is 106. The zero-order valence-electron chi connectivity index (χ0n) is 44.9. The standard InChI is InChI=1S/C58H42N4O2/c1-58(2,3)40-32-33-59-54(34-40)62-51-36-43(28-29-46(51)47-30-31-53-55(57(47)62)48-22-10-13-27-52(48)64-53)63-42-21-14-20-41(35-42)60-37-61(50-26-12-11-25-49(50)60)56-44(38-16-6-4-7-17-38)23-15-24-45(56)39-18-8-5-9-19-39/h4-36H,1-3H3/i4D,5D,6D,7D,8D,9D,16D,17D,18D,19D. The number of para-hydroxylation sites is 4. The molecule has 0 radical (unpaired) electrons. The maximum atomic E-state index is 9.04. The maximum absolute atomic E-state index is 9.04. The Bertz CT molecular complexity index is 4220. The van der Waals surface area contributed by atoms with E-state index in [1.807, 2.05) is 97.2 Å². The van der Waals surface area contributed by atoms with Gasteiger partial charge in [0.05, 0.1) is 52.5 Å². The van der Waals surface area contributed by atoms with E-state index in [0.717, 1.165) is 55.1 Å². The third-order valence-corrected chi connectivity index (χ3v) is 11.8. The summed E-state index contributed by atoms with van der Waals surface area (Å²) in [6.45, 7) is 6.54. The topological polar surface area (TPSA) is 49.0 Å². The molecule has 6 heteroatoms. The molecule has 0 atom stereocenters. The van der Waals surface area contributed by atoms with Crippen molar-refractivity contribution in [2.24, 2.45) is 0 Å². The molecule has 0 bridgehead atoms. The lowest BCUT2D eigenvalue weighted by atomic mass is 9.88. The largest absolute Gasteiger partial charge is 0.458 e. The molecular weight excluding hydrogens is 785 g/mol. The van der Waals surface area contributed by atoms with Gasteiger partial charge in [0.15, 0.2) is 0 Å². The molecule has 4 aromatic heterocycles. The number of rotatable bonds is 7. The first kappa shape index (κ1) is 28.4. The van der Waals surface area contributed by atoms with Gasteiger partial charge in [-0.15, -0.1) is 0 Å². The van der Waals surface area contributed by atoms with Crippen molar-refractivity contribution in [3.63, 3.8) is 0 Å². The van der Waals surface area contributed by atoms with Gasteiger partial charge in [0, 0.05) is 28.4 Å². The van der Waals surface area contributed by atoms with Crippen LogP contribution < -0.4 is 9.30 Å². The molecule has 0 fully saturated rings. The summed E-state index contributed by atoms with van der Waals surface area (Å²) in [5.41, 5.74) is 6.41. The SMILES string of the molecule is [2H]c1c([2H])c([2H])c(-c2cccc(-c3c([2H])c([2H])c([2H])c([2H])c3[2H])c2-[n+]2[c-]n(-c3cccc(Oc4ccc5c6ccc7oc8ccccc8c7c6n(-c6cc(C(C)(C)C)ccn6)c5c4)c3)c3ccccc32)c([2H])c1[2H]. The van der Waals surface area contributed by atoms with Gasteiger partial charge in [0.2, 0.25) is 0 Å². The molecule has 0 amide bonds. The zero-order valence-corrected chi connectivity index (χ0v) is 34.9. The summed E-state index contributed by atoms with van der Waals surface area (Å²) in [5.74, 6) is 1.81. The summed E-state index contributed by atoms with van der Waals surface area (Å²) in [7, 11) is 0. The summed E-state index contributed by atoms with van der Waals surface area (Å²) in [5, 5.41) is 4.01. The highest BCUT2D eigenvalue weighted by Crippen LogP contribution is 2.42. The number of furan rings is 1. The van der Waals surface area contributed by atoms with Crippen molar-refractivity contribution in [3.05, 3.63) is 212 Å². The highest BCUT2D eigenvalue weighted by molar-refractivity contribution is 6.24. The van der Waals surface area contributed by atoms with Gasteiger partial charge in [0.25, 0.3) is 6.33 Å². The minimum Gasteiger partial charge on any atom is -0.458 e. The smallest absolute Gasteiger partial charge is 0.269 e. The van der Waals surface area contributed by atoms with Gasteiger partial charge in [-0.2, -0.15) is 0 Å². The van der Waals surface area contributed by atoms with E-state index in [-0.39, 0.29) is 33.4 Å². The molecule has 0 aliphatic rings. The molecule has 306 valence electrons. The monoisotopic (exact) mass is 836 g/mol. The molecule has 0 aliphatic carbocycles.